The first-order valence-electron chi connectivity index (χ1n) is 9.15. The second-order valence-corrected chi connectivity index (χ2v) is 7.23. The van der Waals surface area contributed by atoms with Crippen LogP contribution < -0.4 is 15.8 Å². The van der Waals surface area contributed by atoms with Gasteiger partial charge in [0.25, 0.3) is 0 Å². The van der Waals surface area contributed by atoms with Crippen molar-refractivity contribution in [1.82, 2.24) is 15.2 Å². The third kappa shape index (κ3) is 12.3. The Labute approximate surface area is 176 Å². The molecule has 3 N–H and O–H groups in total. The molecule has 0 spiro atoms. The van der Waals surface area contributed by atoms with E-state index in [4.69, 9.17) is 10.5 Å². The normalized spacial score (nSPS) is 12.8. The van der Waals surface area contributed by atoms with Gasteiger partial charge in [-0.15, -0.1) is 24.0 Å². The summed E-state index contributed by atoms with van der Waals surface area (Å²) in [6.45, 7) is 8.64. The van der Waals surface area contributed by atoms with Crippen LogP contribution in [0.15, 0.2) is 23.3 Å². The maximum absolute atomic E-state index is 5.99. The van der Waals surface area contributed by atoms with E-state index in [1.54, 1.807) is 6.20 Å². The highest BCUT2D eigenvalue weighted by atomic mass is 127. The van der Waals surface area contributed by atoms with Crippen molar-refractivity contribution in [1.29, 1.82) is 0 Å². The topological polar surface area (TPSA) is 75.8 Å². The minimum absolute atomic E-state index is 0. The average molecular weight is 477 g/mol. The van der Waals surface area contributed by atoms with Crippen molar-refractivity contribution in [2.75, 3.05) is 27.2 Å². The third-order valence-corrected chi connectivity index (χ3v) is 3.83. The number of nitrogens with two attached hydrogens (primary N) is 1. The molecule has 150 valence electrons. The Hall–Kier alpha value is -1.09. The van der Waals surface area contributed by atoms with E-state index in [0.717, 1.165) is 24.4 Å². The van der Waals surface area contributed by atoms with Crippen molar-refractivity contribution < 1.29 is 4.74 Å². The van der Waals surface area contributed by atoms with Gasteiger partial charge >= 0.3 is 0 Å². The minimum atomic E-state index is 0. The summed E-state index contributed by atoms with van der Waals surface area (Å²) in [6, 6.07) is 4.19. The van der Waals surface area contributed by atoms with E-state index < -0.39 is 0 Å². The smallest absolute Gasteiger partial charge is 0.213 e. The number of nitrogens with one attached hydrogen (secondary N) is 1. The number of aromatic nitrogens is 1. The summed E-state index contributed by atoms with van der Waals surface area (Å²) in [5.41, 5.74) is 7.03. The van der Waals surface area contributed by atoms with Crippen LogP contribution in [0.1, 0.15) is 45.6 Å². The van der Waals surface area contributed by atoms with Gasteiger partial charge in [0.1, 0.15) is 6.61 Å². The Kier molecular flexibility index (Phi) is 13.4. The number of hydrogen-bond donors (Lipinski definition) is 2. The van der Waals surface area contributed by atoms with E-state index in [1.165, 1.54) is 12.8 Å². The molecule has 7 heteroatoms. The highest BCUT2D eigenvalue weighted by Gasteiger charge is 2.04. The number of rotatable bonds is 11. The minimum Gasteiger partial charge on any atom is -0.476 e. The molecule has 0 saturated heterocycles. The first kappa shape index (κ1) is 24.9. The molecule has 0 radical (unpaired) electrons. The maximum Gasteiger partial charge on any atom is 0.213 e. The highest BCUT2D eigenvalue weighted by Crippen LogP contribution is 2.11. The molecule has 0 aliphatic rings. The van der Waals surface area contributed by atoms with Crippen LogP contribution in [0, 0.1) is 5.92 Å². The zero-order valence-electron chi connectivity index (χ0n) is 16.9. The fourth-order valence-corrected chi connectivity index (χ4v) is 2.34. The van der Waals surface area contributed by atoms with Gasteiger partial charge in [-0.3, -0.25) is 0 Å². The zero-order valence-corrected chi connectivity index (χ0v) is 19.2. The molecule has 1 aromatic rings. The SMILES string of the molecule is CC(C)CCCC(C)NC(N)=NCc1ccnc(OCCN(C)C)c1.I. The number of likely N-dealkylation sites (N-methyl/N-ethyl adjacent to an activating group) is 1. The first-order valence-corrected chi connectivity index (χ1v) is 9.15. The molecule has 1 rings (SSSR count). The van der Waals surface area contributed by atoms with Crippen LogP contribution in [0.25, 0.3) is 0 Å². The maximum atomic E-state index is 5.99. The number of guanidine groups is 1. The van der Waals surface area contributed by atoms with Crippen molar-refractivity contribution in [3.63, 3.8) is 0 Å². The fraction of sp³-hybridized carbons (Fsp3) is 0.684. The summed E-state index contributed by atoms with van der Waals surface area (Å²) in [5.74, 6) is 1.87. The molecule has 0 bridgehead atoms. The lowest BCUT2D eigenvalue weighted by Gasteiger charge is -2.15. The highest BCUT2D eigenvalue weighted by molar-refractivity contribution is 14.0. The summed E-state index contributed by atoms with van der Waals surface area (Å²) in [6.07, 6.45) is 5.30. The van der Waals surface area contributed by atoms with Crippen LogP contribution in [0.3, 0.4) is 0 Å². The van der Waals surface area contributed by atoms with E-state index in [-0.39, 0.29) is 24.0 Å². The van der Waals surface area contributed by atoms with E-state index >= 15 is 0 Å². The van der Waals surface area contributed by atoms with Gasteiger partial charge in [-0.2, -0.15) is 0 Å². The molecule has 1 heterocycles. The van der Waals surface area contributed by atoms with E-state index in [1.807, 2.05) is 26.2 Å². The third-order valence-electron chi connectivity index (χ3n) is 3.83. The number of hydrogen-bond acceptors (Lipinski definition) is 4. The van der Waals surface area contributed by atoms with Crippen LogP contribution in [-0.4, -0.2) is 49.1 Å². The van der Waals surface area contributed by atoms with Crippen LogP contribution in [-0.2, 0) is 6.54 Å². The van der Waals surface area contributed by atoms with Gasteiger partial charge in [0, 0.05) is 24.8 Å². The van der Waals surface area contributed by atoms with Gasteiger partial charge in [-0.25, -0.2) is 9.98 Å². The van der Waals surface area contributed by atoms with Gasteiger partial charge in [-0.05, 0) is 45.0 Å². The quantitative estimate of drug-likeness (QED) is 0.291. The number of halogens is 1. The Balaban J connectivity index is 0.00000625. The second-order valence-electron chi connectivity index (χ2n) is 7.23. The van der Waals surface area contributed by atoms with Gasteiger partial charge < -0.3 is 20.7 Å². The zero-order chi connectivity index (χ0) is 18.7. The van der Waals surface area contributed by atoms with Crippen LogP contribution >= 0.6 is 24.0 Å². The number of ether oxygens (including phenoxy) is 1. The van der Waals surface area contributed by atoms with E-state index in [0.29, 0.717) is 31.0 Å². The number of nitrogens with zero attached hydrogens (tertiary/aromatic N) is 3. The predicted octanol–water partition coefficient (Wildman–Crippen LogP) is 3.26. The largest absolute Gasteiger partial charge is 0.476 e. The molecular formula is C19H36IN5O. The number of aliphatic imine (C=N–C) groups is 1. The average Bonchev–Trinajstić information content (AvgIpc) is 2.52. The second kappa shape index (κ2) is 14.0. The molecular weight excluding hydrogens is 441 g/mol. The first-order chi connectivity index (χ1) is 11.9. The molecule has 26 heavy (non-hydrogen) atoms. The summed E-state index contributed by atoms with van der Waals surface area (Å²) >= 11 is 0. The predicted molar refractivity (Wildman–Crippen MR) is 120 cm³/mol. The lowest BCUT2D eigenvalue weighted by Crippen LogP contribution is -2.38. The van der Waals surface area contributed by atoms with Crippen LogP contribution in [0.4, 0.5) is 0 Å². The summed E-state index contributed by atoms with van der Waals surface area (Å²) in [4.78, 5) is 10.7. The van der Waals surface area contributed by atoms with Crippen LogP contribution in [0.5, 0.6) is 5.88 Å². The summed E-state index contributed by atoms with van der Waals surface area (Å²) < 4.78 is 5.64. The van der Waals surface area contributed by atoms with E-state index in [2.05, 4.69) is 41.0 Å². The van der Waals surface area contributed by atoms with Crippen molar-refractivity contribution in [2.24, 2.45) is 16.6 Å². The molecule has 0 saturated carbocycles. The molecule has 1 atom stereocenters. The molecule has 0 amide bonds. The fourth-order valence-electron chi connectivity index (χ4n) is 2.34. The molecule has 6 nitrogen and oxygen atoms in total. The molecule has 1 unspecified atom stereocenters. The van der Waals surface area contributed by atoms with Gasteiger partial charge in [-0.1, -0.05) is 26.7 Å². The number of pyridine rings is 1. The van der Waals surface area contributed by atoms with Crippen molar-refractivity contribution in [2.45, 2.75) is 52.6 Å². The standard InChI is InChI=1S/C19H35N5O.HI/c1-15(2)7-6-8-16(3)23-19(20)22-14-17-9-10-21-18(13-17)25-12-11-24(4)5;/h9-10,13,15-16H,6-8,11-12,14H2,1-5H3,(H3,20,22,23);1H. The molecule has 0 aromatic carbocycles. The van der Waals surface area contributed by atoms with Crippen molar-refractivity contribution >= 4 is 29.9 Å². The van der Waals surface area contributed by atoms with Crippen molar-refractivity contribution in [3.8, 4) is 5.88 Å². The van der Waals surface area contributed by atoms with Gasteiger partial charge in [0.05, 0.1) is 6.54 Å². The van der Waals surface area contributed by atoms with Crippen molar-refractivity contribution in [3.05, 3.63) is 23.9 Å². The molecule has 0 aliphatic heterocycles. The summed E-state index contributed by atoms with van der Waals surface area (Å²) in [5, 5.41) is 3.26. The Morgan fingerprint density at radius 3 is 2.69 bits per heavy atom. The van der Waals surface area contributed by atoms with Crippen LogP contribution in [0.2, 0.25) is 0 Å². The van der Waals surface area contributed by atoms with Gasteiger partial charge in [0.15, 0.2) is 5.96 Å². The van der Waals surface area contributed by atoms with Gasteiger partial charge in [0.2, 0.25) is 5.88 Å². The molecule has 0 fully saturated rings. The Morgan fingerprint density at radius 1 is 1.31 bits per heavy atom. The van der Waals surface area contributed by atoms with E-state index in [9.17, 15) is 0 Å². The molecule has 0 aliphatic carbocycles. The monoisotopic (exact) mass is 477 g/mol. The summed E-state index contributed by atoms with van der Waals surface area (Å²) in [7, 11) is 4.03. The lowest BCUT2D eigenvalue weighted by atomic mass is 10.0. The Morgan fingerprint density at radius 2 is 2.04 bits per heavy atom. The lowest BCUT2D eigenvalue weighted by molar-refractivity contribution is 0.253. The Bertz CT molecular complexity index is 522. The molecule has 1 aromatic heterocycles.